The topological polar surface area (TPSA) is 112 Å². The van der Waals surface area contributed by atoms with E-state index in [0.717, 1.165) is 11.1 Å². The first-order valence-electron chi connectivity index (χ1n) is 12.5. The summed E-state index contributed by atoms with van der Waals surface area (Å²) < 4.78 is 5.37. The van der Waals surface area contributed by atoms with Crippen LogP contribution in [0.3, 0.4) is 0 Å². The summed E-state index contributed by atoms with van der Waals surface area (Å²) in [5, 5.41) is 15.2. The molecule has 0 saturated heterocycles. The van der Waals surface area contributed by atoms with Crippen LogP contribution < -0.4 is 10.6 Å². The van der Waals surface area contributed by atoms with Crippen LogP contribution >= 0.6 is 0 Å². The molecular weight excluding hydrogens is 468 g/mol. The fourth-order valence-corrected chi connectivity index (χ4v) is 3.82. The van der Waals surface area contributed by atoms with E-state index < -0.39 is 35.6 Å². The molecule has 0 radical (unpaired) electrons. The van der Waals surface area contributed by atoms with Crippen molar-refractivity contribution >= 4 is 17.9 Å². The van der Waals surface area contributed by atoms with Crippen LogP contribution in [-0.2, 0) is 20.9 Å². The van der Waals surface area contributed by atoms with Gasteiger partial charge in [-0.25, -0.2) is 4.79 Å². The van der Waals surface area contributed by atoms with Gasteiger partial charge in [0.25, 0.3) is 0 Å². The lowest BCUT2D eigenvalue weighted by Crippen LogP contribution is -2.53. The fraction of sp³-hybridized carbons (Fsp3) is 0.448. The lowest BCUT2D eigenvalue weighted by molar-refractivity contribution is -0.142. The quantitative estimate of drug-likeness (QED) is 0.456. The summed E-state index contributed by atoms with van der Waals surface area (Å²) in [4.78, 5) is 41.2. The Bertz CT molecular complexity index is 1090. The van der Waals surface area contributed by atoms with Crippen molar-refractivity contribution in [3.63, 3.8) is 0 Å². The molecule has 2 N–H and O–H groups in total. The number of rotatable bonds is 10. The second-order valence-corrected chi connectivity index (χ2v) is 10.5. The zero-order valence-corrected chi connectivity index (χ0v) is 22.6. The number of alkyl carbamates (subject to hydrolysis) is 1. The van der Waals surface area contributed by atoms with Gasteiger partial charge in [0.2, 0.25) is 11.8 Å². The summed E-state index contributed by atoms with van der Waals surface area (Å²) >= 11 is 0. The number of nitriles is 1. The Hall–Kier alpha value is -3.86. The van der Waals surface area contributed by atoms with Gasteiger partial charge in [0, 0.05) is 6.54 Å². The highest BCUT2D eigenvalue weighted by atomic mass is 16.6. The molecule has 0 heterocycles. The van der Waals surface area contributed by atoms with E-state index in [0.29, 0.717) is 12.0 Å². The molecule has 0 fully saturated rings. The summed E-state index contributed by atoms with van der Waals surface area (Å²) in [6.45, 7) is 10.9. The number of hydrogen-bond acceptors (Lipinski definition) is 5. The van der Waals surface area contributed by atoms with Gasteiger partial charge in [0.05, 0.1) is 6.07 Å². The number of carbonyl (C=O) groups is 3. The summed E-state index contributed by atoms with van der Waals surface area (Å²) in [5.41, 5.74) is 1.72. The number of hydrogen-bond donors (Lipinski definition) is 2. The number of carbonyl (C=O) groups excluding carboxylic acids is 3. The number of amides is 3. The average molecular weight is 507 g/mol. The summed E-state index contributed by atoms with van der Waals surface area (Å²) in [6.07, 6.45) is -0.421. The Balaban J connectivity index is 2.42. The molecule has 0 spiro atoms. The van der Waals surface area contributed by atoms with Crippen molar-refractivity contribution in [2.45, 2.75) is 72.2 Å². The normalized spacial score (nSPS) is 12.7. The molecule has 8 nitrogen and oxygen atoms in total. The number of nitrogens with zero attached hydrogens (tertiary/aromatic N) is 2. The number of ether oxygens (including phenoxy) is 1. The van der Waals surface area contributed by atoms with Crippen LogP contribution in [-0.4, -0.2) is 41.0 Å². The molecular formula is C29H38N4O4. The third kappa shape index (κ3) is 9.60. The second-order valence-electron chi connectivity index (χ2n) is 10.5. The maximum atomic E-state index is 13.9. The number of benzene rings is 2. The number of nitrogens with one attached hydrogen (secondary N) is 2. The van der Waals surface area contributed by atoms with Crippen LogP contribution in [0.2, 0.25) is 0 Å². The molecule has 3 amide bonds. The molecule has 198 valence electrons. The summed E-state index contributed by atoms with van der Waals surface area (Å²) in [6, 6.07) is 16.7. The van der Waals surface area contributed by atoms with E-state index >= 15 is 0 Å². The molecule has 2 atom stereocenters. The van der Waals surface area contributed by atoms with Crippen molar-refractivity contribution < 1.29 is 19.1 Å². The van der Waals surface area contributed by atoms with Crippen molar-refractivity contribution in [2.24, 2.45) is 5.92 Å². The lowest BCUT2D eigenvalue weighted by Gasteiger charge is -2.33. The van der Waals surface area contributed by atoms with E-state index in [-0.39, 0.29) is 19.0 Å². The van der Waals surface area contributed by atoms with Gasteiger partial charge in [-0.3, -0.25) is 9.59 Å². The van der Waals surface area contributed by atoms with E-state index in [4.69, 9.17) is 4.74 Å². The van der Waals surface area contributed by atoms with Crippen LogP contribution in [0, 0.1) is 24.2 Å². The Morgan fingerprint density at radius 3 is 2.19 bits per heavy atom. The fourth-order valence-electron chi connectivity index (χ4n) is 3.82. The van der Waals surface area contributed by atoms with Crippen molar-refractivity contribution in [1.29, 1.82) is 5.26 Å². The monoisotopic (exact) mass is 506 g/mol. The third-order valence-corrected chi connectivity index (χ3v) is 5.48. The highest BCUT2D eigenvalue weighted by Gasteiger charge is 2.36. The van der Waals surface area contributed by atoms with E-state index in [1.807, 2.05) is 69.3 Å². The van der Waals surface area contributed by atoms with Gasteiger partial charge in [-0.05, 0) is 51.2 Å². The minimum Gasteiger partial charge on any atom is -0.444 e. The molecule has 2 unspecified atom stereocenters. The molecule has 8 heteroatoms. The van der Waals surface area contributed by atoms with Gasteiger partial charge in [-0.15, -0.1) is 0 Å². The van der Waals surface area contributed by atoms with Gasteiger partial charge < -0.3 is 20.3 Å². The second kappa shape index (κ2) is 13.4. The standard InChI is InChI=1S/C29H38N4O4/c1-20(2)18-24(32-28(36)37-29(4,5)6)27(35)33(17-16-30)25(23-14-12-21(3)13-15-23)26(34)31-19-22-10-8-7-9-11-22/h7-15,20,24-25H,17-19H2,1-6H3,(H,31,34)(H,32,36). The maximum Gasteiger partial charge on any atom is 0.408 e. The summed E-state index contributed by atoms with van der Waals surface area (Å²) in [7, 11) is 0. The van der Waals surface area contributed by atoms with Gasteiger partial charge >= 0.3 is 6.09 Å². The van der Waals surface area contributed by atoms with Crippen molar-refractivity contribution in [3.8, 4) is 6.07 Å². The van der Waals surface area contributed by atoms with Crippen molar-refractivity contribution in [2.75, 3.05) is 6.54 Å². The molecule has 0 aromatic heterocycles. The van der Waals surface area contributed by atoms with E-state index in [2.05, 4.69) is 10.6 Å². The van der Waals surface area contributed by atoms with Crippen molar-refractivity contribution in [3.05, 3.63) is 71.3 Å². The van der Waals surface area contributed by atoms with Gasteiger partial charge in [0.1, 0.15) is 24.2 Å². The van der Waals surface area contributed by atoms with Gasteiger partial charge in [-0.2, -0.15) is 5.26 Å². The zero-order valence-electron chi connectivity index (χ0n) is 22.6. The molecule has 0 saturated carbocycles. The average Bonchev–Trinajstić information content (AvgIpc) is 2.82. The SMILES string of the molecule is Cc1ccc(C(C(=O)NCc2ccccc2)N(CC#N)C(=O)C(CC(C)C)NC(=O)OC(C)(C)C)cc1. The molecule has 0 bridgehead atoms. The van der Waals surface area contributed by atoms with Crippen molar-refractivity contribution in [1.82, 2.24) is 15.5 Å². The van der Waals surface area contributed by atoms with Gasteiger partial charge in [0.15, 0.2) is 0 Å². The predicted octanol–water partition coefficient (Wildman–Crippen LogP) is 4.64. The van der Waals surface area contributed by atoms with E-state index in [1.165, 1.54) is 4.90 Å². The maximum absolute atomic E-state index is 13.9. The minimum absolute atomic E-state index is 0.0533. The van der Waals surface area contributed by atoms with Gasteiger partial charge in [-0.1, -0.05) is 74.0 Å². The molecule has 0 aliphatic carbocycles. The first-order chi connectivity index (χ1) is 17.4. The smallest absolute Gasteiger partial charge is 0.408 e. The first-order valence-corrected chi connectivity index (χ1v) is 12.5. The van der Waals surface area contributed by atoms with Crippen LogP contribution in [0.5, 0.6) is 0 Å². The van der Waals surface area contributed by atoms with E-state index in [1.54, 1.807) is 32.9 Å². The largest absolute Gasteiger partial charge is 0.444 e. The van der Waals surface area contributed by atoms with Crippen LogP contribution in [0.25, 0.3) is 0 Å². The summed E-state index contributed by atoms with van der Waals surface area (Å²) in [5.74, 6) is -0.893. The molecule has 0 aliphatic heterocycles. The Kier molecular flexibility index (Phi) is 10.7. The molecule has 2 aromatic carbocycles. The van der Waals surface area contributed by atoms with E-state index in [9.17, 15) is 19.6 Å². The third-order valence-electron chi connectivity index (χ3n) is 5.48. The highest BCUT2D eigenvalue weighted by molar-refractivity contribution is 5.92. The highest BCUT2D eigenvalue weighted by Crippen LogP contribution is 2.24. The molecule has 0 aliphatic rings. The first kappa shape index (κ1) is 29.4. The minimum atomic E-state index is -1.06. The van der Waals surface area contributed by atoms with Crippen LogP contribution in [0.4, 0.5) is 4.79 Å². The molecule has 37 heavy (non-hydrogen) atoms. The number of aryl methyl sites for hydroxylation is 1. The zero-order chi connectivity index (χ0) is 27.6. The van der Waals surface area contributed by atoms with Crippen LogP contribution in [0.15, 0.2) is 54.6 Å². The predicted molar refractivity (Wildman–Crippen MR) is 142 cm³/mol. The Morgan fingerprint density at radius 2 is 1.65 bits per heavy atom. The molecule has 2 rings (SSSR count). The molecule has 2 aromatic rings. The lowest BCUT2D eigenvalue weighted by atomic mass is 9.98. The Morgan fingerprint density at radius 1 is 1.03 bits per heavy atom. The Labute approximate surface area is 220 Å². The van der Waals surface area contributed by atoms with Crippen LogP contribution in [0.1, 0.15) is 63.8 Å².